The molecular formula is C60H48N3OPt-. The van der Waals surface area contributed by atoms with Gasteiger partial charge < -0.3 is 5.11 Å². The average Bonchev–Trinajstić information content (AvgIpc) is 3.72. The predicted molar refractivity (Wildman–Crippen MR) is 266 cm³/mol. The number of fused-ring (bicyclic) bond motifs is 1. The van der Waals surface area contributed by atoms with Crippen molar-refractivity contribution in [3.8, 4) is 89.7 Å². The molecular weight excluding hydrogens is 974 g/mol. The van der Waals surface area contributed by atoms with Gasteiger partial charge in [-0.3, -0.25) is 9.55 Å². The minimum Gasteiger partial charge on any atom is -0.507 e. The van der Waals surface area contributed by atoms with E-state index in [0.29, 0.717) is 11.4 Å². The number of imidazole rings is 1. The number of aromatic nitrogens is 3. The third-order valence-electron chi connectivity index (χ3n) is 12.1. The summed E-state index contributed by atoms with van der Waals surface area (Å²) < 4.78 is 2.26. The molecule has 0 saturated carbocycles. The van der Waals surface area contributed by atoms with Gasteiger partial charge in [-0.2, -0.15) is 0 Å². The fourth-order valence-electron chi connectivity index (χ4n) is 9.01. The van der Waals surface area contributed by atoms with Crippen LogP contribution in [0.25, 0.3) is 95.0 Å². The van der Waals surface area contributed by atoms with Gasteiger partial charge in [0.05, 0.1) is 22.3 Å². The Morgan fingerprint density at radius 2 is 1.09 bits per heavy atom. The van der Waals surface area contributed by atoms with Gasteiger partial charge in [-0.15, -0.1) is 23.8 Å². The van der Waals surface area contributed by atoms with Gasteiger partial charge in [-0.1, -0.05) is 183 Å². The number of nitrogens with zero attached hydrogens (tertiary/aromatic N) is 3. The fraction of sp³-hybridized carbons (Fsp3) is 0.100. The van der Waals surface area contributed by atoms with E-state index in [4.69, 9.17) is 9.97 Å². The number of phenols is 1. The molecule has 0 aliphatic rings. The van der Waals surface area contributed by atoms with Crippen LogP contribution in [0.3, 0.4) is 0 Å². The number of aromatic hydroxyl groups is 1. The van der Waals surface area contributed by atoms with Crippen molar-refractivity contribution in [2.24, 2.45) is 0 Å². The maximum Gasteiger partial charge on any atom is 0.148 e. The zero-order valence-electron chi connectivity index (χ0n) is 37.1. The Morgan fingerprint density at radius 1 is 0.508 bits per heavy atom. The second-order valence-electron chi connectivity index (χ2n) is 17.7. The number of hydrogen-bond donors (Lipinski definition) is 1. The Bertz CT molecular complexity index is 3320. The summed E-state index contributed by atoms with van der Waals surface area (Å²) in [6.45, 7) is 10.9. The Kier molecular flexibility index (Phi) is 11.8. The molecule has 0 unspecified atom stereocenters. The van der Waals surface area contributed by atoms with Crippen LogP contribution in [0, 0.1) is 19.9 Å². The Balaban J connectivity index is 0.00000533. The normalized spacial score (nSPS) is 11.4. The first-order valence-electron chi connectivity index (χ1n) is 21.9. The van der Waals surface area contributed by atoms with Crippen molar-refractivity contribution in [2.75, 3.05) is 0 Å². The molecule has 0 radical (unpaired) electrons. The summed E-state index contributed by atoms with van der Waals surface area (Å²) in [6.07, 6.45) is 1.88. The molecule has 0 fully saturated rings. The molecule has 8 aromatic carbocycles. The predicted octanol–water partition coefficient (Wildman–Crippen LogP) is 15.5. The van der Waals surface area contributed by atoms with Gasteiger partial charge in [-0.25, -0.2) is 4.98 Å². The third kappa shape index (κ3) is 8.39. The summed E-state index contributed by atoms with van der Waals surface area (Å²) in [5, 5.41) is 12.0. The van der Waals surface area contributed by atoms with E-state index in [2.05, 4.69) is 208 Å². The molecule has 0 atom stereocenters. The summed E-state index contributed by atoms with van der Waals surface area (Å²) in [7, 11) is 0. The van der Waals surface area contributed by atoms with Gasteiger partial charge in [0, 0.05) is 38.5 Å². The fourth-order valence-corrected chi connectivity index (χ4v) is 9.01. The molecule has 0 aliphatic carbocycles. The topological polar surface area (TPSA) is 50.9 Å². The molecule has 0 spiro atoms. The van der Waals surface area contributed by atoms with Crippen molar-refractivity contribution in [3.05, 3.63) is 217 Å². The molecule has 65 heavy (non-hydrogen) atoms. The Hall–Kier alpha value is -7.13. The molecule has 1 N–H and O–H groups in total. The summed E-state index contributed by atoms with van der Waals surface area (Å²) in [6, 6.07) is 69.7. The molecule has 2 heterocycles. The van der Waals surface area contributed by atoms with E-state index in [0.717, 1.165) is 94.7 Å². The number of rotatable bonds is 8. The molecule has 4 nitrogen and oxygen atoms in total. The van der Waals surface area contributed by atoms with Gasteiger partial charge in [-0.05, 0) is 99.7 Å². The minimum atomic E-state index is -0.168. The number of aryl methyl sites for hydroxylation is 2. The van der Waals surface area contributed by atoms with E-state index in [1.165, 1.54) is 5.56 Å². The van der Waals surface area contributed by atoms with Gasteiger partial charge >= 0.3 is 0 Å². The van der Waals surface area contributed by atoms with Crippen LogP contribution in [-0.2, 0) is 26.5 Å². The number of pyridine rings is 1. The number of hydrogen-bond acceptors (Lipinski definition) is 3. The zero-order valence-corrected chi connectivity index (χ0v) is 39.4. The van der Waals surface area contributed by atoms with E-state index in [9.17, 15) is 5.11 Å². The first-order chi connectivity index (χ1) is 31.1. The summed E-state index contributed by atoms with van der Waals surface area (Å²) in [5.74, 6) is 0.868. The maximum atomic E-state index is 12.0. The van der Waals surface area contributed by atoms with Gasteiger partial charge in [0.15, 0.2) is 0 Å². The molecule has 0 aliphatic heterocycles. The van der Waals surface area contributed by atoms with Crippen molar-refractivity contribution in [1.82, 2.24) is 14.5 Å². The molecule has 2 aromatic heterocycles. The second-order valence-corrected chi connectivity index (χ2v) is 17.7. The third-order valence-corrected chi connectivity index (χ3v) is 12.1. The van der Waals surface area contributed by atoms with Crippen molar-refractivity contribution in [1.29, 1.82) is 0 Å². The second kappa shape index (κ2) is 17.8. The molecule has 0 saturated heterocycles. The van der Waals surface area contributed by atoms with Crippen LogP contribution in [0.5, 0.6) is 5.75 Å². The van der Waals surface area contributed by atoms with Crippen molar-refractivity contribution < 1.29 is 26.2 Å². The standard InChI is InChI=1S/C60H48N3O.Pt/c1-39-31-40(2)58(64)52(32-39)59-62-57-49(47-33-46(42-21-12-7-13-22-42)34-48(35-47)54-36-45(29-30-61-54)41-19-10-6-11-20-41)27-18-28-55(57)63(59)56-38-50(43-23-14-8-15-24-43)53(60(3,4)5)37-51(56)44-25-16-9-17-26-44;/h6-34,36-38,64H,1-5H3;/q-1;. The first-order valence-corrected chi connectivity index (χ1v) is 21.9. The van der Waals surface area contributed by atoms with E-state index in [-0.39, 0.29) is 32.2 Å². The molecule has 5 heteroatoms. The quantitative estimate of drug-likeness (QED) is 0.154. The molecule has 320 valence electrons. The van der Waals surface area contributed by atoms with Crippen LogP contribution in [0.15, 0.2) is 194 Å². The molecule has 10 aromatic rings. The molecule has 0 bridgehead atoms. The Morgan fingerprint density at radius 3 is 1.72 bits per heavy atom. The maximum absolute atomic E-state index is 12.0. The van der Waals surface area contributed by atoms with Gasteiger partial charge in [0.1, 0.15) is 11.6 Å². The van der Waals surface area contributed by atoms with E-state index in [1.54, 1.807) is 0 Å². The summed E-state index contributed by atoms with van der Waals surface area (Å²) in [4.78, 5) is 10.5. The van der Waals surface area contributed by atoms with E-state index < -0.39 is 0 Å². The van der Waals surface area contributed by atoms with Gasteiger partial charge in [0.25, 0.3) is 0 Å². The molecule has 10 rings (SSSR count). The SMILES string of the molecule is Cc1cc(C)c(O)c(-c2nc3c(-c4[c-]c(-c5cc(-c6ccccc6)ccn5)cc(-c5ccccc5)c4)cccc3n2-c2cc(-c3ccccc3)c(C(C)(C)C)cc2-c2ccccc2)c1.[Pt]. The van der Waals surface area contributed by atoms with Crippen LogP contribution in [0.1, 0.15) is 37.5 Å². The number of phenolic OH excluding ortho intramolecular Hbond substituents is 1. The summed E-state index contributed by atoms with van der Waals surface area (Å²) in [5.41, 5.74) is 18.6. The van der Waals surface area contributed by atoms with Gasteiger partial charge in [0.2, 0.25) is 0 Å². The van der Waals surface area contributed by atoms with Crippen LogP contribution in [0.4, 0.5) is 0 Å². The largest absolute Gasteiger partial charge is 0.507 e. The van der Waals surface area contributed by atoms with Crippen molar-refractivity contribution >= 4 is 11.0 Å². The minimum absolute atomic E-state index is 0. The first kappa shape index (κ1) is 43.1. The van der Waals surface area contributed by atoms with E-state index >= 15 is 0 Å². The zero-order chi connectivity index (χ0) is 44.0. The molecule has 0 amide bonds. The summed E-state index contributed by atoms with van der Waals surface area (Å²) >= 11 is 0. The Labute approximate surface area is 396 Å². The smallest absolute Gasteiger partial charge is 0.148 e. The van der Waals surface area contributed by atoms with Crippen LogP contribution >= 0.6 is 0 Å². The van der Waals surface area contributed by atoms with Crippen LogP contribution in [-0.4, -0.2) is 19.6 Å². The van der Waals surface area contributed by atoms with Crippen molar-refractivity contribution in [2.45, 2.75) is 40.0 Å². The van der Waals surface area contributed by atoms with E-state index in [1.807, 2.05) is 31.3 Å². The monoisotopic (exact) mass is 1020 g/mol. The average molecular weight is 1020 g/mol. The van der Waals surface area contributed by atoms with Crippen LogP contribution in [0.2, 0.25) is 0 Å². The number of benzene rings is 8. The van der Waals surface area contributed by atoms with Crippen LogP contribution < -0.4 is 0 Å². The van der Waals surface area contributed by atoms with Crippen molar-refractivity contribution in [3.63, 3.8) is 0 Å². The number of para-hydroxylation sites is 1.